The lowest BCUT2D eigenvalue weighted by molar-refractivity contribution is -0.161. The van der Waals surface area contributed by atoms with Gasteiger partial charge in [0.05, 0.1) is 19.8 Å². The Labute approximate surface area is 228 Å². The molecule has 0 aromatic rings. The molecular formula is C27H51O10P. The first-order valence-electron chi connectivity index (χ1n) is 14.1. The van der Waals surface area contributed by atoms with Gasteiger partial charge in [-0.2, -0.15) is 0 Å². The standard InChI is InChI=1S/C27H51O10P/c1-3-5-7-9-10-11-12-13-15-17-19-27(31)37-25(22-34-26(30)18-16-14-8-6-4-2)23-36-38(32,33)35-21-24(29)20-28/h7,9,24-25,28-29H,3-6,8,10-23H2,1-2H3,(H,32,33)/b9-7-. The van der Waals surface area contributed by atoms with Crippen LogP contribution in [0.4, 0.5) is 0 Å². The highest BCUT2D eigenvalue weighted by Crippen LogP contribution is 2.43. The third-order valence-electron chi connectivity index (χ3n) is 5.65. The Morgan fingerprint density at radius 1 is 0.763 bits per heavy atom. The normalized spacial score (nSPS) is 14.8. The molecule has 224 valence electrons. The predicted octanol–water partition coefficient (Wildman–Crippen LogP) is 5.38. The van der Waals surface area contributed by atoms with Crippen molar-refractivity contribution in [2.24, 2.45) is 0 Å². The number of allylic oxidation sites excluding steroid dienone is 2. The molecule has 10 nitrogen and oxygen atoms in total. The van der Waals surface area contributed by atoms with Crippen LogP contribution >= 0.6 is 7.82 Å². The van der Waals surface area contributed by atoms with Crippen LogP contribution in [0.3, 0.4) is 0 Å². The minimum Gasteiger partial charge on any atom is -0.462 e. The van der Waals surface area contributed by atoms with Gasteiger partial charge in [-0.1, -0.05) is 77.4 Å². The van der Waals surface area contributed by atoms with Crippen molar-refractivity contribution in [3.8, 4) is 0 Å². The van der Waals surface area contributed by atoms with Crippen molar-refractivity contribution in [1.82, 2.24) is 0 Å². The molecule has 0 aromatic heterocycles. The van der Waals surface area contributed by atoms with E-state index in [0.29, 0.717) is 12.8 Å². The van der Waals surface area contributed by atoms with Crippen molar-refractivity contribution < 1.29 is 47.8 Å². The summed E-state index contributed by atoms with van der Waals surface area (Å²) >= 11 is 0. The second-order valence-corrected chi connectivity index (χ2v) is 10.9. The summed E-state index contributed by atoms with van der Waals surface area (Å²) < 4.78 is 32.1. The summed E-state index contributed by atoms with van der Waals surface area (Å²) in [5.41, 5.74) is 0. The van der Waals surface area contributed by atoms with Crippen LogP contribution in [0.25, 0.3) is 0 Å². The Bertz CT molecular complexity index is 670. The molecule has 0 aliphatic rings. The number of hydrogen-bond acceptors (Lipinski definition) is 9. The number of aliphatic hydroxyl groups is 2. The van der Waals surface area contributed by atoms with Gasteiger partial charge in [-0.15, -0.1) is 0 Å². The fraction of sp³-hybridized carbons (Fsp3) is 0.852. The van der Waals surface area contributed by atoms with Gasteiger partial charge in [0, 0.05) is 12.8 Å². The van der Waals surface area contributed by atoms with E-state index >= 15 is 0 Å². The van der Waals surface area contributed by atoms with Gasteiger partial charge < -0.3 is 24.6 Å². The summed E-state index contributed by atoms with van der Waals surface area (Å²) in [6.07, 6.45) is 15.4. The highest BCUT2D eigenvalue weighted by Gasteiger charge is 2.27. The molecule has 0 bridgehead atoms. The molecule has 0 rings (SSSR count). The quantitative estimate of drug-likeness (QED) is 0.0539. The summed E-state index contributed by atoms with van der Waals surface area (Å²) in [6, 6.07) is 0. The molecule has 3 N–H and O–H groups in total. The number of hydrogen-bond donors (Lipinski definition) is 3. The van der Waals surface area contributed by atoms with Crippen LogP contribution in [-0.4, -0.2) is 65.7 Å². The van der Waals surface area contributed by atoms with E-state index in [2.05, 4.69) is 30.5 Å². The second-order valence-electron chi connectivity index (χ2n) is 9.42. The lowest BCUT2D eigenvalue weighted by Gasteiger charge is -2.20. The molecule has 0 amide bonds. The Morgan fingerprint density at radius 2 is 1.34 bits per heavy atom. The van der Waals surface area contributed by atoms with E-state index in [1.807, 2.05) is 0 Å². The minimum atomic E-state index is -4.59. The van der Waals surface area contributed by atoms with Crippen molar-refractivity contribution in [2.75, 3.05) is 26.4 Å². The molecule has 0 radical (unpaired) electrons. The van der Waals surface area contributed by atoms with Gasteiger partial charge in [0.1, 0.15) is 12.7 Å². The fourth-order valence-electron chi connectivity index (χ4n) is 3.40. The van der Waals surface area contributed by atoms with Crippen molar-refractivity contribution in [3.63, 3.8) is 0 Å². The number of esters is 2. The first-order valence-corrected chi connectivity index (χ1v) is 15.6. The van der Waals surface area contributed by atoms with E-state index in [9.17, 15) is 24.2 Å². The molecule has 0 saturated carbocycles. The van der Waals surface area contributed by atoms with Crippen molar-refractivity contribution in [1.29, 1.82) is 0 Å². The van der Waals surface area contributed by atoms with E-state index in [4.69, 9.17) is 19.1 Å². The lowest BCUT2D eigenvalue weighted by atomic mass is 10.1. The van der Waals surface area contributed by atoms with E-state index in [1.165, 1.54) is 0 Å². The van der Waals surface area contributed by atoms with Crippen molar-refractivity contribution >= 4 is 19.8 Å². The Morgan fingerprint density at radius 3 is 2.00 bits per heavy atom. The molecular weight excluding hydrogens is 515 g/mol. The predicted molar refractivity (Wildman–Crippen MR) is 145 cm³/mol. The monoisotopic (exact) mass is 566 g/mol. The molecule has 0 saturated heterocycles. The SMILES string of the molecule is CCC/C=C\CCCCCCCC(=O)OC(COC(=O)CCCCCCC)COP(=O)(O)OCC(O)CO. The molecule has 0 aromatic carbocycles. The van der Waals surface area contributed by atoms with Crippen molar-refractivity contribution in [3.05, 3.63) is 12.2 Å². The summed E-state index contributed by atoms with van der Waals surface area (Å²) in [4.78, 5) is 34.2. The molecule has 0 fully saturated rings. The zero-order valence-corrected chi connectivity index (χ0v) is 24.3. The van der Waals surface area contributed by atoms with Crippen LogP contribution in [0.2, 0.25) is 0 Å². The van der Waals surface area contributed by atoms with Gasteiger partial charge in [-0.25, -0.2) is 4.57 Å². The topological polar surface area (TPSA) is 149 Å². The van der Waals surface area contributed by atoms with Crippen LogP contribution in [0, 0.1) is 0 Å². The summed E-state index contributed by atoms with van der Waals surface area (Å²) in [5, 5.41) is 18.1. The number of unbranched alkanes of at least 4 members (excludes halogenated alkanes) is 10. The van der Waals surface area contributed by atoms with Gasteiger partial charge >= 0.3 is 19.8 Å². The minimum absolute atomic E-state index is 0.175. The van der Waals surface area contributed by atoms with Crippen LogP contribution in [0.15, 0.2) is 12.2 Å². The summed E-state index contributed by atoms with van der Waals surface area (Å²) in [7, 11) is -4.59. The third kappa shape index (κ3) is 23.8. The highest BCUT2D eigenvalue weighted by molar-refractivity contribution is 7.47. The maximum atomic E-state index is 12.3. The maximum Gasteiger partial charge on any atom is 0.472 e. The molecule has 3 atom stereocenters. The van der Waals surface area contributed by atoms with Crippen LogP contribution in [0.5, 0.6) is 0 Å². The van der Waals surface area contributed by atoms with E-state index in [0.717, 1.165) is 70.6 Å². The Kier molecular flexibility index (Phi) is 23.9. The second kappa shape index (κ2) is 24.7. The van der Waals surface area contributed by atoms with Crippen molar-refractivity contribution in [2.45, 2.75) is 122 Å². The average molecular weight is 567 g/mol. The molecule has 0 aliphatic carbocycles. The highest BCUT2D eigenvalue weighted by atomic mass is 31.2. The van der Waals surface area contributed by atoms with Crippen LogP contribution in [-0.2, 0) is 32.7 Å². The fourth-order valence-corrected chi connectivity index (χ4v) is 4.19. The number of carbonyl (C=O) groups excluding carboxylic acids is 2. The Balaban J connectivity index is 4.51. The van der Waals surface area contributed by atoms with Gasteiger partial charge in [-0.05, 0) is 32.1 Å². The van der Waals surface area contributed by atoms with Gasteiger partial charge in [0.25, 0.3) is 0 Å². The first kappa shape index (κ1) is 36.7. The summed E-state index contributed by atoms with van der Waals surface area (Å²) in [5.74, 6) is -0.956. The average Bonchev–Trinajstić information content (AvgIpc) is 2.89. The molecule has 0 heterocycles. The zero-order chi connectivity index (χ0) is 28.5. The van der Waals surface area contributed by atoms with Gasteiger partial charge in [0.15, 0.2) is 6.10 Å². The maximum absolute atomic E-state index is 12.3. The number of carbonyl (C=O) groups is 2. The largest absolute Gasteiger partial charge is 0.472 e. The molecule has 11 heteroatoms. The molecule has 38 heavy (non-hydrogen) atoms. The Hall–Kier alpha value is -1.29. The van der Waals surface area contributed by atoms with Gasteiger partial charge in [0.2, 0.25) is 0 Å². The number of phosphoric ester groups is 1. The number of aliphatic hydroxyl groups excluding tert-OH is 2. The summed E-state index contributed by atoms with van der Waals surface area (Å²) in [6.45, 7) is 2.15. The lowest BCUT2D eigenvalue weighted by Crippen LogP contribution is -2.29. The van der Waals surface area contributed by atoms with E-state index in [-0.39, 0.29) is 19.4 Å². The van der Waals surface area contributed by atoms with Gasteiger partial charge in [-0.3, -0.25) is 18.6 Å². The molecule has 3 unspecified atom stereocenters. The van der Waals surface area contributed by atoms with Crippen LogP contribution < -0.4 is 0 Å². The van der Waals surface area contributed by atoms with E-state index < -0.39 is 51.8 Å². The molecule has 0 spiro atoms. The number of rotatable bonds is 26. The molecule has 0 aliphatic heterocycles. The number of phosphoric acid groups is 1. The van der Waals surface area contributed by atoms with Crippen LogP contribution in [0.1, 0.15) is 110 Å². The van der Waals surface area contributed by atoms with E-state index in [1.54, 1.807) is 0 Å². The third-order valence-corrected chi connectivity index (χ3v) is 6.60. The zero-order valence-electron chi connectivity index (χ0n) is 23.4. The first-order chi connectivity index (χ1) is 18.2. The number of ether oxygens (including phenoxy) is 2. The smallest absolute Gasteiger partial charge is 0.462 e.